The van der Waals surface area contributed by atoms with Gasteiger partial charge >= 0.3 is 0 Å². The van der Waals surface area contributed by atoms with Crippen molar-refractivity contribution in [2.75, 3.05) is 7.11 Å². The number of hydrogen-bond donors (Lipinski definition) is 0. The molecule has 1 rings (SSSR count). The fourth-order valence-electron chi connectivity index (χ4n) is 1.11. The molecule has 1 aromatic carbocycles. The van der Waals surface area contributed by atoms with Gasteiger partial charge in [-0.1, -0.05) is 11.6 Å². The molecule has 2 nitrogen and oxygen atoms in total. The summed E-state index contributed by atoms with van der Waals surface area (Å²) < 4.78 is 5.11. The molecule has 0 aromatic heterocycles. The lowest BCUT2D eigenvalue weighted by Gasteiger charge is -2.09. The Morgan fingerprint density at radius 1 is 1.54 bits per heavy atom. The number of halogens is 1. The third-order valence-corrected chi connectivity index (χ3v) is 2.09. The van der Waals surface area contributed by atoms with E-state index in [-0.39, 0.29) is 5.92 Å². The molecule has 3 heteroatoms. The van der Waals surface area contributed by atoms with Crippen LogP contribution in [0, 0.1) is 11.3 Å². The van der Waals surface area contributed by atoms with E-state index in [0.29, 0.717) is 10.8 Å². The van der Waals surface area contributed by atoms with Crippen LogP contribution in [0.5, 0.6) is 5.75 Å². The summed E-state index contributed by atoms with van der Waals surface area (Å²) in [6, 6.07) is 7.42. The van der Waals surface area contributed by atoms with Crippen molar-refractivity contribution in [1.82, 2.24) is 0 Å². The highest BCUT2D eigenvalue weighted by molar-refractivity contribution is 6.30. The summed E-state index contributed by atoms with van der Waals surface area (Å²) >= 11 is 5.81. The third kappa shape index (κ3) is 2.13. The van der Waals surface area contributed by atoms with Crippen LogP contribution >= 0.6 is 11.6 Å². The Labute approximate surface area is 82.7 Å². The third-order valence-electron chi connectivity index (χ3n) is 1.85. The van der Waals surface area contributed by atoms with E-state index in [0.717, 1.165) is 5.56 Å². The maximum Gasteiger partial charge on any atom is 0.123 e. The molecule has 1 atom stereocenters. The molecule has 0 saturated heterocycles. The number of hydrogen-bond acceptors (Lipinski definition) is 2. The average molecular weight is 196 g/mol. The van der Waals surface area contributed by atoms with E-state index in [1.807, 2.05) is 6.92 Å². The molecule has 1 unspecified atom stereocenters. The van der Waals surface area contributed by atoms with E-state index in [1.165, 1.54) is 0 Å². The predicted octanol–water partition coefficient (Wildman–Crippen LogP) is 2.98. The summed E-state index contributed by atoms with van der Waals surface area (Å²) in [6.45, 7) is 1.81. The molecule has 0 N–H and O–H groups in total. The van der Waals surface area contributed by atoms with Gasteiger partial charge in [0.25, 0.3) is 0 Å². The molecule has 0 aliphatic rings. The van der Waals surface area contributed by atoms with Crippen molar-refractivity contribution in [1.29, 1.82) is 5.26 Å². The molecule has 0 radical (unpaired) electrons. The van der Waals surface area contributed by atoms with Crippen LogP contribution in [-0.4, -0.2) is 7.11 Å². The van der Waals surface area contributed by atoms with Crippen molar-refractivity contribution in [3.05, 3.63) is 28.8 Å². The smallest absolute Gasteiger partial charge is 0.123 e. The van der Waals surface area contributed by atoms with Crippen LogP contribution < -0.4 is 4.74 Å². The van der Waals surface area contributed by atoms with E-state index < -0.39 is 0 Å². The van der Waals surface area contributed by atoms with Crippen LogP contribution in [0.4, 0.5) is 0 Å². The Hall–Kier alpha value is -1.20. The largest absolute Gasteiger partial charge is 0.496 e. The van der Waals surface area contributed by atoms with Gasteiger partial charge in [-0.3, -0.25) is 0 Å². The van der Waals surface area contributed by atoms with Gasteiger partial charge < -0.3 is 4.74 Å². The number of rotatable bonds is 2. The lowest BCUT2D eigenvalue weighted by molar-refractivity contribution is 0.409. The van der Waals surface area contributed by atoms with Gasteiger partial charge in [0.1, 0.15) is 5.75 Å². The lowest BCUT2D eigenvalue weighted by Crippen LogP contribution is -1.95. The van der Waals surface area contributed by atoms with E-state index >= 15 is 0 Å². The zero-order valence-electron chi connectivity index (χ0n) is 7.54. The Kier molecular flexibility index (Phi) is 3.16. The van der Waals surface area contributed by atoms with Crippen LogP contribution in [0.3, 0.4) is 0 Å². The van der Waals surface area contributed by atoms with E-state index in [9.17, 15) is 0 Å². The molecule has 0 amide bonds. The standard InChI is InChI=1S/C10H10ClNO/c1-7(6-12)9-5-8(11)3-4-10(9)13-2/h3-5,7H,1-2H3. The Morgan fingerprint density at radius 3 is 2.77 bits per heavy atom. The van der Waals surface area contributed by atoms with Crippen LogP contribution in [-0.2, 0) is 0 Å². The van der Waals surface area contributed by atoms with Gasteiger partial charge in [0.15, 0.2) is 0 Å². The average Bonchev–Trinajstić information content (AvgIpc) is 2.16. The summed E-state index contributed by atoms with van der Waals surface area (Å²) in [4.78, 5) is 0. The van der Waals surface area contributed by atoms with Gasteiger partial charge in [-0.2, -0.15) is 5.26 Å². The fourth-order valence-corrected chi connectivity index (χ4v) is 1.29. The maximum absolute atomic E-state index is 8.75. The molecule has 0 spiro atoms. The molecule has 68 valence electrons. The first-order chi connectivity index (χ1) is 6.19. The first-order valence-electron chi connectivity index (χ1n) is 3.92. The summed E-state index contributed by atoms with van der Waals surface area (Å²) in [5.74, 6) is 0.507. The van der Waals surface area contributed by atoms with Gasteiger partial charge in [0, 0.05) is 10.6 Å². The number of methoxy groups -OCH3 is 1. The summed E-state index contributed by atoms with van der Waals surface area (Å²) in [6.07, 6.45) is 0. The molecule has 13 heavy (non-hydrogen) atoms. The van der Waals surface area contributed by atoms with E-state index in [2.05, 4.69) is 6.07 Å². The quantitative estimate of drug-likeness (QED) is 0.727. The highest BCUT2D eigenvalue weighted by Crippen LogP contribution is 2.28. The van der Waals surface area contributed by atoms with Crippen molar-refractivity contribution in [3.8, 4) is 11.8 Å². The van der Waals surface area contributed by atoms with E-state index in [4.69, 9.17) is 21.6 Å². The first-order valence-corrected chi connectivity index (χ1v) is 4.30. The molecule has 1 aromatic rings. The van der Waals surface area contributed by atoms with E-state index in [1.54, 1.807) is 25.3 Å². The molecule has 0 aliphatic heterocycles. The fraction of sp³-hybridized carbons (Fsp3) is 0.300. The topological polar surface area (TPSA) is 33.0 Å². The number of ether oxygens (including phenoxy) is 1. The lowest BCUT2D eigenvalue weighted by atomic mass is 10.0. The van der Waals surface area contributed by atoms with Crippen molar-refractivity contribution < 1.29 is 4.74 Å². The SMILES string of the molecule is COc1ccc(Cl)cc1C(C)C#N. The normalized spacial score (nSPS) is 11.8. The van der Waals surface area contributed by atoms with Crippen LogP contribution in [0.15, 0.2) is 18.2 Å². The molecule has 0 saturated carbocycles. The van der Waals surface area contributed by atoms with Crippen LogP contribution in [0.25, 0.3) is 0 Å². The van der Waals surface area contributed by atoms with Crippen molar-refractivity contribution in [3.63, 3.8) is 0 Å². The number of nitrogens with zero attached hydrogens (tertiary/aromatic N) is 1. The van der Waals surface area contributed by atoms with Crippen molar-refractivity contribution >= 4 is 11.6 Å². The van der Waals surface area contributed by atoms with Crippen LogP contribution in [0.1, 0.15) is 18.4 Å². The number of benzene rings is 1. The highest BCUT2D eigenvalue weighted by Gasteiger charge is 2.10. The predicted molar refractivity (Wildman–Crippen MR) is 52.0 cm³/mol. The minimum atomic E-state index is -0.200. The zero-order chi connectivity index (χ0) is 9.84. The molecule has 0 bridgehead atoms. The maximum atomic E-state index is 8.75. The van der Waals surface area contributed by atoms with Gasteiger partial charge in [0.05, 0.1) is 19.1 Å². The molecular weight excluding hydrogens is 186 g/mol. The minimum Gasteiger partial charge on any atom is -0.496 e. The van der Waals surface area contributed by atoms with Gasteiger partial charge in [-0.05, 0) is 25.1 Å². The Balaban J connectivity index is 3.17. The highest BCUT2D eigenvalue weighted by atomic mass is 35.5. The molecule has 0 fully saturated rings. The summed E-state index contributed by atoms with van der Waals surface area (Å²) in [5.41, 5.74) is 0.831. The Morgan fingerprint density at radius 2 is 2.23 bits per heavy atom. The monoisotopic (exact) mass is 195 g/mol. The second kappa shape index (κ2) is 4.15. The van der Waals surface area contributed by atoms with Crippen LogP contribution in [0.2, 0.25) is 5.02 Å². The zero-order valence-corrected chi connectivity index (χ0v) is 8.30. The van der Waals surface area contributed by atoms with Crippen molar-refractivity contribution in [2.24, 2.45) is 0 Å². The first kappa shape index (κ1) is 9.88. The Bertz CT molecular complexity index is 343. The van der Waals surface area contributed by atoms with Gasteiger partial charge in [-0.15, -0.1) is 0 Å². The second-order valence-corrected chi connectivity index (χ2v) is 3.17. The second-order valence-electron chi connectivity index (χ2n) is 2.74. The summed E-state index contributed by atoms with van der Waals surface area (Å²) in [7, 11) is 1.58. The van der Waals surface area contributed by atoms with Gasteiger partial charge in [0.2, 0.25) is 0 Å². The molecule has 0 heterocycles. The molecule has 0 aliphatic carbocycles. The summed E-state index contributed by atoms with van der Waals surface area (Å²) in [5, 5.41) is 9.37. The molecular formula is C10H10ClNO. The van der Waals surface area contributed by atoms with Crippen molar-refractivity contribution in [2.45, 2.75) is 12.8 Å². The minimum absolute atomic E-state index is 0.200. The number of nitriles is 1. The van der Waals surface area contributed by atoms with Gasteiger partial charge in [-0.25, -0.2) is 0 Å².